The van der Waals surface area contributed by atoms with E-state index < -0.39 is 17.7 Å². The molecule has 6 heteroatoms. The van der Waals surface area contributed by atoms with Crippen LogP contribution in [0.3, 0.4) is 0 Å². The molecule has 98 valence electrons. The van der Waals surface area contributed by atoms with Gasteiger partial charge in [0.1, 0.15) is 5.60 Å². The average Bonchev–Trinajstić information content (AvgIpc) is 2.12. The van der Waals surface area contributed by atoms with Crippen molar-refractivity contribution in [3.63, 3.8) is 0 Å². The molecule has 18 heavy (non-hydrogen) atoms. The lowest BCUT2D eigenvalue weighted by Crippen LogP contribution is -2.27. The maximum Gasteiger partial charge on any atom is 0.412 e. The Kier molecular flexibility index (Phi) is 4.34. The Morgan fingerprint density at radius 1 is 1.28 bits per heavy atom. The molecule has 0 aliphatic heterocycles. The van der Waals surface area contributed by atoms with E-state index in [-0.39, 0.29) is 5.56 Å². The number of rotatable bonds is 2. The number of halogens is 1. The number of hydrogen-bond donors (Lipinski definition) is 2. The second-order valence-corrected chi connectivity index (χ2v) is 5.58. The highest BCUT2D eigenvalue weighted by atomic mass is 79.9. The fraction of sp³-hybridized carbons (Fsp3) is 0.333. The molecule has 5 nitrogen and oxygen atoms in total. The number of benzene rings is 1. The summed E-state index contributed by atoms with van der Waals surface area (Å²) in [6, 6.07) is 4.40. The van der Waals surface area contributed by atoms with Gasteiger partial charge in [-0.25, -0.2) is 9.59 Å². The second kappa shape index (κ2) is 5.39. The van der Waals surface area contributed by atoms with Crippen LogP contribution in [0, 0.1) is 0 Å². The van der Waals surface area contributed by atoms with Crippen molar-refractivity contribution in [2.45, 2.75) is 26.4 Å². The lowest BCUT2D eigenvalue weighted by Gasteiger charge is -2.19. The van der Waals surface area contributed by atoms with Gasteiger partial charge < -0.3 is 9.84 Å². The highest BCUT2D eigenvalue weighted by Gasteiger charge is 2.16. The van der Waals surface area contributed by atoms with Gasteiger partial charge in [-0.3, -0.25) is 5.32 Å². The normalized spacial score (nSPS) is 10.9. The van der Waals surface area contributed by atoms with Gasteiger partial charge >= 0.3 is 12.1 Å². The summed E-state index contributed by atoms with van der Waals surface area (Å²) in [4.78, 5) is 22.4. The summed E-state index contributed by atoms with van der Waals surface area (Å²) in [6.07, 6.45) is -0.628. The van der Waals surface area contributed by atoms with Gasteiger partial charge in [0, 0.05) is 10.2 Å². The summed E-state index contributed by atoms with van der Waals surface area (Å²) >= 11 is 3.18. The lowest BCUT2D eigenvalue weighted by atomic mass is 10.2. The number of carboxylic acids is 1. The van der Waals surface area contributed by atoms with Crippen LogP contribution in [0.1, 0.15) is 31.1 Å². The van der Waals surface area contributed by atoms with Crippen molar-refractivity contribution < 1.29 is 19.4 Å². The highest BCUT2D eigenvalue weighted by Crippen LogP contribution is 2.20. The molecule has 0 unspecified atom stereocenters. The Labute approximate surface area is 113 Å². The number of amides is 1. The molecule has 1 aromatic rings. The molecule has 0 spiro atoms. The third-order valence-electron chi connectivity index (χ3n) is 1.79. The standard InChI is InChI=1S/C12H14BrNO4/c1-12(2,3)18-11(17)14-9-5-7(10(15)16)4-8(13)6-9/h4-6H,1-3H3,(H,14,17)(H,15,16). The maximum absolute atomic E-state index is 11.5. The number of nitrogens with one attached hydrogen (secondary N) is 1. The van der Waals surface area contributed by atoms with E-state index in [0.717, 1.165) is 0 Å². The zero-order valence-corrected chi connectivity index (χ0v) is 11.9. The van der Waals surface area contributed by atoms with Crippen LogP contribution in [0.4, 0.5) is 10.5 Å². The van der Waals surface area contributed by atoms with Gasteiger partial charge in [0.15, 0.2) is 0 Å². The molecule has 0 heterocycles. The molecule has 0 aliphatic rings. The van der Waals surface area contributed by atoms with Crippen LogP contribution in [0.15, 0.2) is 22.7 Å². The predicted octanol–water partition coefficient (Wildman–Crippen LogP) is 3.49. The zero-order valence-electron chi connectivity index (χ0n) is 10.3. The molecule has 0 radical (unpaired) electrons. The molecule has 0 fully saturated rings. The first-order valence-electron chi connectivity index (χ1n) is 5.21. The van der Waals surface area contributed by atoms with E-state index in [0.29, 0.717) is 10.2 Å². The van der Waals surface area contributed by atoms with Crippen molar-refractivity contribution in [1.29, 1.82) is 0 Å². The monoisotopic (exact) mass is 315 g/mol. The number of hydrogen-bond acceptors (Lipinski definition) is 3. The second-order valence-electron chi connectivity index (χ2n) is 4.66. The summed E-state index contributed by atoms with van der Waals surface area (Å²) in [5.74, 6) is -1.07. The number of anilines is 1. The third-order valence-corrected chi connectivity index (χ3v) is 2.25. The molecule has 0 saturated heterocycles. The van der Waals surface area contributed by atoms with Gasteiger partial charge in [-0.2, -0.15) is 0 Å². The number of aromatic carboxylic acids is 1. The number of carboxylic acid groups (broad SMARTS) is 1. The van der Waals surface area contributed by atoms with Gasteiger partial charge in [0.2, 0.25) is 0 Å². The molecule has 2 N–H and O–H groups in total. The van der Waals surface area contributed by atoms with Gasteiger partial charge in [-0.15, -0.1) is 0 Å². The van der Waals surface area contributed by atoms with Gasteiger partial charge in [0.25, 0.3) is 0 Å². The van der Waals surface area contributed by atoms with Gasteiger partial charge in [-0.05, 0) is 39.0 Å². The summed E-state index contributed by atoms with van der Waals surface area (Å²) in [6.45, 7) is 5.24. The first-order chi connectivity index (χ1) is 8.17. The third kappa shape index (κ3) is 4.75. The Hall–Kier alpha value is -1.56. The minimum absolute atomic E-state index is 0.0791. The number of carbonyl (C=O) groups is 2. The van der Waals surface area contributed by atoms with Crippen LogP contribution in [0.25, 0.3) is 0 Å². The fourth-order valence-corrected chi connectivity index (χ4v) is 1.70. The van der Waals surface area contributed by atoms with Gasteiger partial charge in [-0.1, -0.05) is 15.9 Å². The largest absolute Gasteiger partial charge is 0.478 e. The lowest BCUT2D eigenvalue weighted by molar-refractivity contribution is 0.0632. The SMILES string of the molecule is CC(C)(C)OC(=O)Nc1cc(Br)cc(C(=O)O)c1. The Bertz CT molecular complexity index is 479. The Balaban J connectivity index is 2.85. The summed E-state index contributed by atoms with van der Waals surface area (Å²) in [7, 11) is 0. The number of carbonyl (C=O) groups excluding carboxylic acids is 1. The Morgan fingerprint density at radius 2 is 1.89 bits per heavy atom. The predicted molar refractivity (Wildman–Crippen MR) is 71.0 cm³/mol. The minimum atomic E-state index is -1.07. The molecule has 0 aliphatic carbocycles. The van der Waals surface area contributed by atoms with Crippen LogP contribution in [0.5, 0.6) is 0 Å². The molecular formula is C12H14BrNO4. The maximum atomic E-state index is 11.5. The molecular weight excluding hydrogens is 302 g/mol. The molecule has 1 aromatic carbocycles. The summed E-state index contributed by atoms with van der Waals surface area (Å²) < 4.78 is 5.63. The van der Waals surface area contributed by atoms with Crippen LogP contribution in [-0.2, 0) is 4.74 Å². The topological polar surface area (TPSA) is 75.6 Å². The number of ether oxygens (including phenoxy) is 1. The van der Waals surface area contributed by atoms with Crippen molar-refractivity contribution in [3.8, 4) is 0 Å². The molecule has 1 amide bonds. The smallest absolute Gasteiger partial charge is 0.412 e. The van der Waals surface area contributed by atoms with Crippen molar-refractivity contribution in [3.05, 3.63) is 28.2 Å². The zero-order chi connectivity index (χ0) is 13.9. The van der Waals surface area contributed by atoms with Crippen LogP contribution >= 0.6 is 15.9 Å². The molecule has 0 bridgehead atoms. The van der Waals surface area contributed by atoms with Crippen LogP contribution in [-0.4, -0.2) is 22.8 Å². The van der Waals surface area contributed by atoms with Crippen LogP contribution < -0.4 is 5.32 Å². The summed E-state index contributed by atoms with van der Waals surface area (Å²) in [5.41, 5.74) is -0.169. The Morgan fingerprint density at radius 3 is 2.39 bits per heavy atom. The van der Waals surface area contributed by atoms with Gasteiger partial charge in [0.05, 0.1) is 5.56 Å². The van der Waals surface area contributed by atoms with E-state index in [1.807, 2.05) is 0 Å². The van der Waals surface area contributed by atoms with Crippen molar-refractivity contribution >= 4 is 33.7 Å². The fourth-order valence-electron chi connectivity index (χ4n) is 1.21. The van der Waals surface area contributed by atoms with Crippen LogP contribution in [0.2, 0.25) is 0 Å². The van der Waals surface area contributed by atoms with E-state index in [9.17, 15) is 9.59 Å². The van der Waals surface area contributed by atoms with Crippen molar-refractivity contribution in [2.24, 2.45) is 0 Å². The van der Waals surface area contributed by atoms with E-state index in [1.165, 1.54) is 12.1 Å². The van der Waals surface area contributed by atoms with Crippen molar-refractivity contribution in [1.82, 2.24) is 0 Å². The van der Waals surface area contributed by atoms with E-state index in [1.54, 1.807) is 26.8 Å². The molecule has 0 aromatic heterocycles. The quantitative estimate of drug-likeness (QED) is 0.875. The first kappa shape index (κ1) is 14.5. The minimum Gasteiger partial charge on any atom is -0.478 e. The van der Waals surface area contributed by atoms with E-state index >= 15 is 0 Å². The summed E-state index contributed by atoms with van der Waals surface area (Å²) in [5, 5.41) is 11.4. The first-order valence-corrected chi connectivity index (χ1v) is 6.00. The molecule has 1 rings (SSSR count). The molecule has 0 atom stereocenters. The van der Waals surface area contributed by atoms with E-state index in [2.05, 4.69) is 21.2 Å². The highest BCUT2D eigenvalue weighted by molar-refractivity contribution is 9.10. The average molecular weight is 316 g/mol. The van der Waals surface area contributed by atoms with E-state index in [4.69, 9.17) is 9.84 Å². The van der Waals surface area contributed by atoms with Crippen molar-refractivity contribution in [2.75, 3.05) is 5.32 Å². The molecule has 0 saturated carbocycles.